The van der Waals surface area contributed by atoms with Gasteiger partial charge in [0.2, 0.25) is 0 Å². The quantitative estimate of drug-likeness (QED) is 0.566. The molecule has 0 amide bonds. The predicted octanol–water partition coefficient (Wildman–Crippen LogP) is 3.22. The molecule has 2 rings (SSSR count). The van der Waals surface area contributed by atoms with Crippen LogP contribution < -0.4 is 21.7 Å². The van der Waals surface area contributed by atoms with Gasteiger partial charge in [0.1, 0.15) is 0 Å². The normalized spacial score (nSPS) is 10.7. The first-order valence-electron chi connectivity index (χ1n) is 7.73. The Morgan fingerprint density at radius 2 is 1.41 bits per heavy atom. The summed E-state index contributed by atoms with van der Waals surface area (Å²) in [6, 6.07) is 12.3. The topological polar surface area (TPSA) is 67.3 Å². The number of hydrogen-bond acceptors (Lipinski definition) is 4. The van der Waals surface area contributed by atoms with E-state index in [9.17, 15) is 0 Å². The van der Waals surface area contributed by atoms with Gasteiger partial charge in [-0.05, 0) is 67.9 Å². The Morgan fingerprint density at radius 1 is 0.909 bits per heavy atom. The van der Waals surface area contributed by atoms with Crippen molar-refractivity contribution in [1.29, 1.82) is 0 Å². The summed E-state index contributed by atoms with van der Waals surface area (Å²) in [5.41, 5.74) is 18.0. The minimum Gasteiger partial charge on any atom is -0.399 e. The van der Waals surface area contributed by atoms with Crippen LogP contribution in [-0.2, 0) is 0 Å². The third-order valence-corrected chi connectivity index (χ3v) is 3.89. The van der Waals surface area contributed by atoms with E-state index in [1.165, 1.54) is 0 Å². The average Bonchev–Trinajstić information content (AvgIpc) is 2.50. The van der Waals surface area contributed by atoms with Crippen molar-refractivity contribution in [3.05, 3.63) is 47.5 Å². The van der Waals surface area contributed by atoms with Crippen molar-refractivity contribution in [2.45, 2.75) is 20.8 Å². The predicted molar refractivity (Wildman–Crippen MR) is 96.7 cm³/mol. The molecule has 5 N–H and O–H groups in total. The van der Waals surface area contributed by atoms with E-state index in [0.29, 0.717) is 0 Å². The molecule has 0 saturated heterocycles. The Kier molecular flexibility index (Phi) is 5.28. The van der Waals surface area contributed by atoms with E-state index in [-0.39, 0.29) is 0 Å². The van der Waals surface area contributed by atoms with Crippen molar-refractivity contribution in [2.24, 2.45) is 0 Å². The summed E-state index contributed by atoms with van der Waals surface area (Å²) in [4.78, 5) is 2.29. The monoisotopic (exact) mass is 298 g/mol. The van der Waals surface area contributed by atoms with E-state index in [2.05, 4.69) is 41.4 Å². The van der Waals surface area contributed by atoms with Crippen molar-refractivity contribution in [2.75, 3.05) is 36.0 Å². The van der Waals surface area contributed by atoms with Crippen LogP contribution in [0.2, 0.25) is 0 Å². The van der Waals surface area contributed by atoms with E-state index in [0.717, 1.165) is 53.5 Å². The van der Waals surface area contributed by atoms with Crippen molar-refractivity contribution >= 4 is 22.7 Å². The smallest absolute Gasteiger partial charge is 0.0415 e. The van der Waals surface area contributed by atoms with E-state index in [1.54, 1.807) is 0 Å². The highest BCUT2D eigenvalue weighted by Crippen LogP contribution is 2.29. The van der Waals surface area contributed by atoms with Gasteiger partial charge in [-0.25, -0.2) is 0 Å². The summed E-state index contributed by atoms with van der Waals surface area (Å²) in [5.74, 6) is 0. The second kappa shape index (κ2) is 7.18. The molecule has 0 atom stereocenters. The first kappa shape index (κ1) is 16.2. The minimum absolute atomic E-state index is 0.823. The first-order valence-corrected chi connectivity index (χ1v) is 7.73. The number of aryl methyl sites for hydroxylation is 2. The molecule has 0 spiro atoms. The molecule has 2 aromatic carbocycles. The number of benzene rings is 2. The number of anilines is 4. The van der Waals surface area contributed by atoms with Gasteiger partial charge in [0, 0.05) is 35.8 Å². The third-order valence-electron chi connectivity index (χ3n) is 3.89. The van der Waals surface area contributed by atoms with Crippen molar-refractivity contribution in [3.8, 4) is 0 Å². The second-order valence-electron chi connectivity index (χ2n) is 5.59. The van der Waals surface area contributed by atoms with Gasteiger partial charge < -0.3 is 21.7 Å². The van der Waals surface area contributed by atoms with Crippen LogP contribution >= 0.6 is 0 Å². The molecule has 4 nitrogen and oxygen atoms in total. The largest absolute Gasteiger partial charge is 0.399 e. The molecule has 0 aliphatic heterocycles. The van der Waals surface area contributed by atoms with Gasteiger partial charge in [0.25, 0.3) is 0 Å². The maximum Gasteiger partial charge on any atom is 0.0415 e. The Balaban J connectivity index is 2.36. The molecule has 0 aliphatic rings. The molecule has 2 aromatic rings. The van der Waals surface area contributed by atoms with Gasteiger partial charge >= 0.3 is 0 Å². The van der Waals surface area contributed by atoms with E-state index in [1.807, 2.05) is 26.0 Å². The Labute approximate surface area is 133 Å². The molecule has 0 heterocycles. The van der Waals surface area contributed by atoms with Crippen LogP contribution in [0.15, 0.2) is 36.4 Å². The van der Waals surface area contributed by atoms with Gasteiger partial charge in [-0.2, -0.15) is 0 Å². The van der Waals surface area contributed by atoms with Crippen LogP contribution in [0.4, 0.5) is 22.7 Å². The summed E-state index contributed by atoms with van der Waals surface area (Å²) in [5, 5.41) is 3.38. The summed E-state index contributed by atoms with van der Waals surface area (Å²) >= 11 is 0. The SMILES string of the molecule is CCNCCN(c1ccc(N)c(C)c1)c1ccc(N)c(C)c1. The molecule has 0 unspecified atom stereocenters. The van der Waals surface area contributed by atoms with Gasteiger partial charge in [0.05, 0.1) is 0 Å². The number of nitrogens with two attached hydrogens (primary N) is 2. The summed E-state index contributed by atoms with van der Waals surface area (Å²) < 4.78 is 0. The highest BCUT2D eigenvalue weighted by Gasteiger charge is 2.11. The molecule has 0 fully saturated rings. The third kappa shape index (κ3) is 3.71. The molecule has 118 valence electrons. The Morgan fingerprint density at radius 3 is 1.82 bits per heavy atom. The number of likely N-dealkylation sites (N-methyl/N-ethyl adjacent to an activating group) is 1. The maximum absolute atomic E-state index is 5.95. The zero-order chi connectivity index (χ0) is 16.1. The number of rotatable bonds is 6. The molecular formula is C18H26N4. The lowest BCUT2D eigenvalue weighted by Crippen LogP contribution is -2.28. The Bertz CT molecular complexity index is 585. The van der Waals surface area contributed by atoms with Crippen LogP contribution in [0.1, 0.15) is 18.1 Å². The molecule has 4 heteroatoms. The van der Waals surface area contributed by atoms with Crippen molar-refractivity contribution in [3.63, 3.8) is 0 Å². The van der Waals surface area contributed by atoms with Crippen LogP contribution in [0, 0.1) is 13.8 Å². The van der Waals surface area contributed by atoms with Crippen LogP contribution in [-0.4, -0.2) is 19.6 Å². The van der Waals surface area contributed by atoms with E-state index in [4.69, 9.17) is 11.5 Å². The molecular weight excluding hydrogens is 272 g/mol. The second-order valence-corrected chi connectivity index (χ2v) is 5.59. The molecule has 0 radical (unpaired) electrons. The molecule has 0 bridgehead atoms. The number of nitrogens with one attached hydrogen (secondary N) is 1. The molecule has 22 heavy (non-hydrogen) atoms. The molecule has 0 aromatic heterocycles. The van der Waals surface area contributed by atoms with Crippen molar-refractivity contribution < 1.29 is 0 Å². The fourth-order valence-corrected chi connectivity index (χ4v) is 2.43. The maximum atomic E-state index is 5.95. The van der Waals surface area contributed by atoms with Gasteiger partial charge in [-0.3, -0.25) is 0 Å². The lowest BCUT2D eigenvalue weighted by molar-refractivity contribution is 0.715. The fraction of sp³-hybridized carbons (Fsp3) is 0.333. The van der Waals surface area contributed by atoms with E-state index < -0.39 is 0 Å². The minimum atomic E-state index is 0.823. The molecule has 0 aliphatic carbocycles. The number of nitrogens with zero attached hydrogens (tertiary/aromatic N) is 1. The lowest BCUT2D eigenvalue weighted by Gasteiger charge is -2.26. The summed E-state index contributed by atoms with van der Waals surface area (Å²) in [6.45, 7) is 8.97. The Hall–Kier alpha value is -2.20. The molecule has 0 saturated carbocycles. The first-order chi connectivity index (χ1) is 10.5. The zero-order valence-electron chi connectivity index (χ0n) is 13.7. The average molecular weight is 298 g/mol. The van der Waals surface area contributed by atoms with Crippen molar-refractivity contribution in [1.82, 2.24) is 5.32 Å². The lowest BCUT2D eigenvalue weighted by atomic mass is 10.1. The van der Waals surface area contributed by atoms with Crippen LogP contribution in [0.5, 0.6) is 0 Å². The van der Waals surface area contributed by atoms with Crippen LogP contribution in [0.3, 0.4) is 0 Å². The summed E-state index contributed by atoms with van der Waals surface area (Å²) in [6.07, 6.45) is 0. The zero-order valence-corrected chi connectivity index (χ0v) is 13.7. The highest BCUT2D eigenvalue weighted by atomic mass is 15.1. The van der Waals surface area contributed by atoms with Crippen LogP contribution in [0.25, 0.3) is 0 Å². The van der Waals surface area contributed by atoms with Gasteiger partial charge in [0.15, 0.2) is 0 Å². The summed E-state index contributed by atoms with van der Waals surface area (Å²) in [7, 11) is 0. The van der Waals surface area contributed by atoms with E-state index >= 15 is 0 Å². The number of hydrogen-bond donors (Lipinski definition) is 3. The van der Waals surface area contributed by atoms with Gasteiger partial charge in [-0.15, -0.1) is 0 Å². The van der Waals surface area contributed by atoms with Gasteiger partial charge in [-0.1, -0.05) is 6.92 Å². The highest BCUT2D eigenvalue weighted by molar-refractivity contribution is 5.69. The number of nitrogen functional groups attached to an aromatic ring is 2. The fourth-order valence-electron chi connectivity index (χ4n) is 2.43. The standard InChI is InChI=1S/C18H26N4/c1-4-21-9-10-22(15-5-7-17(19)13(2)11-15)16-6-8-18(20)14(3)12-16/h5-8,11-12,21H,4,9-10,19-20H2,1-3H3.